The van der Waals surface area contributed by atoms with Crippen LogP contribution >= 0.6 is 0 Å². The number of carboxylic acid groups (broad SMARTS) is 1. The molecule has 0 saturated heterocycles. The highest BCUT2D eigenvalue weighted by atomic mass is 16.4. The molecule has 2 atom stereocenters. The van der Waals surface area contributed by atoms with Gasteiger partial charge in [0.25, 0.3) is 0 Å². The number of rotatable bonds is 6. The molecule has 0 radical (unpaired) electrons. The number of benzene rings is 1. The van der Waals surface area contributed by atoms with Crippen LogP contribution in [0.25, 0.3) is 10.9 Å². The summed E-state index contributed by atoms with van der Waals surface area (Å²) in [5.41, 5.74) is 1.62. The number of para-hydroxylation sites is 1. The minimum absolute atomic E-state index is 0.0759. The first-order chi connectivity index (χ1) is 10.0. The first-order valence-electron chi connectivity index (χ1n) is 7.40. The lowest BCUT2D eigenvalue weighted by atomic mass is 10.00. The maximum Gasteiger partial charge on any atom is 0.354 e. The van der Waals surface area contributed by atoms with E-state index >= 15 is 0 Å². The average molecular weight is 286 g/mol. The Morgan fingerprint density at radius 1 is 1.33 bits per heavy atom. The number of aromatic carboxylic acids is 1. The number of nitrogens with one attached hydrogen (secondary N) is 1. The Kier molecular flexibility index (Phi) is 4.78. The quantitative estimate of drug-likeness (QED) is 0.836. The Labute approximate surface area is 125 Å². The van der Waals surface area contributed by atoms with Crippen molar-refractivity contribution in [1.82, 2.24) is 4.98 Å². The maximum absolute atomic E-state index is 11.2. The molecule has 0 aliphatic carbocycles. The number of hydrogen-bond acceptors (Lipinski definition) is 3. The van der Waals surface area contributed by atoms with E-state index in [1.807, 2.05) is 24.3 Å². The molecule has 0 saturated carbocycles. The summed E-state index contributed by atoms with van der Waals surface area (Å²) in [6.45, 7) is 6.54. The molecule has 0 aliphatic heterocycles. The van der Waals surface area contributed by atoms with Crippen LogP contribution in [0, 0.1) is 5.92 Å². The van der Waals surface area contributed by atoms with Gasteiger partial charge in [0.1, 0.15) is 0 Å². The van der Waals surface area contributed by atoms with Gasteiger partial charge in [0.2, 0.25) is 0 Å². The monoisotopic (exact) mass is 286 g/mol. The van der Waals surface area contributed by atoms with E-state index in [2.05, 4.69) is 31.1 Å². The van der Waals surface area contributed by atoms with Crippen LogP contribution in [0.5, 0.6) is 0 Å². The van der Waals surface area contributed by atoms with Gasteiger partial charge in [-0.1, -0.05) is 38.5 Å². The lowest BCUT2D eigenvalue weighted by Gasteiger charge is -2.20. The summed E-state index contributed by atoms with van der Waals surface area (Å²) in [5.74, 6) is -0.363. The van der Waals surface area contributed by atoms with Gasteiger partial charge in [-0.25, -0.2) is 9.78 Å². The van der Waals surface area contributed by atoms with E-state index in [4.69, 9.17) is 0 Å². The van der Waals surface area contributed by atoms with Gasteiger partial charge in [-0.2, -0.15) is 0 Å². The Hall–Kier alpha value is -2.10. The van der Waals surface area contributed by atoms with Crippen molar-refractivity contribution in [3.05, 3.63) is 36.0 Å². The van der Waals surface area contributed by atoms with Gasteiger partial charge in [-0.3, -0.25) is 0 Å². The van der Waals surface area contributed by atoms with Crippen molar-refractivity contribution >= 4 is 22.6 Å². The van der Waals surface area contributed by atoms with Crippen molar-refractivity contribution in [3.63, 3.8) is 0 Å². The van der Waals surface area contributed by atoms with Crippen LogP contribution in [0.3, 0.4) is 0 Å². The second-order valence-electron chi connectivity index (χ2n) is 5.67. The third kappa shape index (κ3) is 3.72. The molecule has 0 fully saturated rings. The predicted octanol–water partition coefficient (Wildman–Crippen LogP) is 4.17. The Morgan fingerprint density at radius 2 is 2.05 bits per heavy atom. The lowest BCUT2D eigenvalue weighted by Crippen LogP contribution is -2.19. The molecule has 4 nitrogen and oxygen atoms in total. The molecule has 0 amide bonds. The standard InChI is InChI=1S/C17H22N2O2/c1-4-11(2)9-12(3)18-15-10-16(17(20)21)19-14-8-6-5-7-13(14)15/h5-8,10-12H,4,9H2,1-3H3,(H,18,19)(H,20,21). The van der Waals surface area contributed by atoms with E-state index in [0.29, 0.717) is 11.4 Å². The Morgan fingerprint density at radius 3 is 2.71 bits per heavy atom. The Bertz CT molecular complexity index is 640. The summed E-state index contributed by atoms with van der Waals surface area (Å²) in [7, 11) is 0. The van der Waals surface area contributed by atoms with E-state index in [1.165, 1.54) is 0 Å². The number of carbonyl (C=O) groups is 1. The van der Waals surface area contributed by atoms with Crippen LogP contribution < -0.4 is 5.32 Å². The van der Waals surface area contributed by atoms with Gasteiger partial charge in [0.05, 0.1) is 5.52 Å². The molecule has 2 unspecified atom stereocenters. The molecule has 0 aliphatic rings. The number of nitrogens with zero attached hydrogens (tertiary/aromatic N) is 1. The van der Waals surface area contributed by atoms with Gasteiger partial charge >= 0.3 is 5.97 Å². The third-order valence-electron chi connectivity index (χ3n) is 3.79. The molecule has 1 aromatic carbocycles. The van der Waals surface area contributed by atoms with Crippen molar-refractivity contribution in [2.24, 2.45) is 5.92 Å². The minimum atomic E-state index is -1.00. The summed E-state index contributed by atoms with van der Waals surface area (Å²) < 4.78 is 0. The molecule has 1 aromatic heterocycles. The van der Waals surface area contributed by atoms with Gasteiger partial charge in [-0.15, -0.1) is 0 Å². The molecule has 21 heavy (non-hydrogen) atoms. The lowest BCUT2D eigenvalue weighted by molar-refractivity contribution is 0.0691. The summed E-state index contributed by atoms with van der Waals surface area (Å²) >= 11 is 0. The van der Waals surface area contributed by atoms with Crippen molar-refractivity contribution in [2.45, 2.75) is 39.7 Å². The van der Waals surface area contributed by atoms with Crippen LogP contribution in [-0.2, 0) is 0 Å². The van der Waals surface area contributed by atoms with Gasteiger partial charge in [-0.05, 0) is 31.4 Å². The topological polar surface area (TPSA) is 62.2 Å². The zero-order valence-electron chi connectivity index (χ0n) is 12.8. The molecule has 0 spiro atoms. The van der Waals surface area contributed by atoms with Crippen molar-refractivity contribution in [1.29, 1.82) is 0 Å². The van der Waals surface area contributed by atoms with Crippen LogP contribution in [0.1, 0.15) is 44.1 Å². The zero-order valence-corrected chi connectivity index (χ0v) is 12.8. The summed E-state index contributed by atoms with van der Waals surface area (Å²) in [5, 5.41) is 13.6. The van der Waals surface area contributed by atoms with E-state index in [1.54, 1.807) is 6.07 Å². The van der Waals surface area contributed by atoms with E-state index < -0.39 is 5.97 Å². The summed E-state index contributed by atoms with van der Waals surface area (Å²) in [6.07, 6.45) is 2.19. The predicted molar refractivity (Wildman–Crippen MR) is 85.9 cm³/mol. The van der Waals surface area contributed by atoms with Crippen LogP contribution in [-0.4, -0.2) is 22.1 Å². The SMILES string of the molecule is CCC(C)CC(C)Nc1cc(C(=O)O)nc2ccccc12. The second-order valence-corrected chi connectivity index (χ2v) is 5.67. The first kappa shape index (κ1) is 15.3. The largest absolute Gasteiger partial charge is 0.477 e. The van der Waals surface area contributed by atoms with Crippen molar-refractivity contribution in [2.75, 3.05) is 5.32 Å². The molecule has 2 N–H and O–H groups in total. The number of pyridine rings is 1. The van der Waals surface area contributed by atoms with Crippen LogP contribution in [0.15, 0.2) is 30.3 Å². The third-order valence-corrected chi connectivity index (χ3v) is 3.79. The first-order valence-corrected chi connectivity index (χ1v) is 7.40. The fraction of sp³-hybridized carbons (Fsp3) is 0.412. The number of anilines is 1. The van der Waals surface area contributed by atoms with Crippen molar-refractivity contribution < 1.29 is 9.90 Å². The highest BCUT2D eigenvalue weighted by Gasteiger charge is 2.13. The van der Waals surface area contributed by atoms with Crippen LogP contribution in [0.2, 0.25) is 0 Å². The Balaban J connectivity index is 2.35. The molecule has 2 rings (SSSR count). The number of aromatic nitrogens is 1. The fourth-order valence-electron chi connectivity index (χ4n) is 2.50. The molecule has 4 heteroatoms. The minimum Gasteiger partial charge on any atom is -0.477 e. The summed E-state index contributed by atoms with van der Waals surface area (Å²) in [6, 6.07) is 9.52. The molecule has 1 heterocycles. The second kappa shape index (κ2) is 6.57. The van der Waals surface area contributed by atoms with E-state index in [0.717, 1.165) is 23.9 Å². The summed E-state index contributed by atoms with van der Waals surface area (Å²) in [4.78, 5) is 15.4. The molecule has 0 bridgehead atoms. The molecular formula is C17H22N2O2. The zero-order chi connectivity index (χ0) is 15.4. The highest BCUT2D eigenvalue weighted by molar-refractivity contribution is 5.97. The van der Waals surface area contributed by atoms with E-state index in [9.17, 15) is 9.90 Å². The number of hydrogen-bond donors (Lipinski definition) is 2. The average Bonchev–Trinajstić information content (AvgIpc) is 2.46. The fourth-order valence-corrected chi connectivity index (χ4v) is 2.50. The number of fused-ring (bicyclic) bond motifs is 1. The molecular weight excluding hydrogens is 264 g/mol. The van der Waals surface area contributed by atoms with Gasteiger partial charge < -0.3 is 10.4 Å². The van der Waals surface area contributed by atoms with Gasteiger partial charge in [0, 0.05) is 17.1 Å². The van der Waals surface area contributed by atoms with Crippen LogP contribution in [0.4, 0.5) is 5.69 Å². The highest BCUT2D eigenvalue weighted by Crippen LogP contribution is 2.25. The van der Waals surface area contributed by atoms with Crippen molar-refractivity contribution in [3.8, 4) is 0 Å². The normalized spacial score (nSPS) is 13.9. The van der Waals surface area contributed by atoms with Gasteiger partial charge in [0.15, 0.2) is 5.69 Å². The molecule has 2 aromatic rings. The number of carboxylic acids is 1. The molecule has 112 valence electrons. The smallest absolute Gasteiger partial charge is 0.354 e. The van der Waals surface area contributed by atoms with E-state index in [-0.39, 0.29) is 11.7 Å². The maximum atomic E-state index is 11.2.